The largest absolute Gasteiger partial charge is 0.493 e. The first-order valence-electron chi connectivity index (χ1n) is 13.0. The molecule has 1 aliphatic rings. The average Bonchev–Trinajstić information content (AvgIpc) is 2.84. The summed E-state index contributed by atoms with van der Waals surface area (Å²) in [6.07, 6.45) is 1.64. The predicted molar refractivity (Wildman–Crippen MR) is 150 cm³/mol. The number of piperidine rings is 1. The second-order valence-electron chi connectivity index (χ2n) is 10.2. The Morgan fingerprint density at radius 2 is 1.56 bits per heavy atom. The fourth-order valence-corrected chi connectivity index (χ4v) is 5.42. The number of nitrogens with zero attached hydrogens (tertiary/aromatic N) is 2. The van der Waals surface area contributed by atoms with E-state index in [9.17, 15) is 4.39 Å². The van der Waals surface area contributed by atoms with Crippen LogP contribution in [0.15, 0.2) is 54.6 Å². The first-order chi connectivity index (χ1) is 17.3. The molecular weight excluding hydrogens is 471 g/mol. The van der Waals surface area contributed by atoms with Crippen LogP contribution in [0.4, 0.5) is 4.39 Å². The van der Waals surface area contributed by atoms with Crippen molar-refractivity contribution in [2.24, 2.45) is 0 Å². The Morgan fingerprint density at radius 3 is 2.22 bits per heavy atom. The zero-order chi connectivity index (χ0) is 25.7. The molecule has 1 aliphatic heterocycles. The Balaban J connectivity index is 1.49. The van der Waals surface area contributed by atoms with E-state index in [4.69, 9.17) is 16.3 Å². The minimum atomic E-state index is -0.622. The minimum absolute atomic E-state index is 0.622. The third kappa shape index (κ3) is 6.47. The molecule has 192 valence electrons. The molecule has 0 aromatic heterocycles. The van der Waals surface area contributed by atoms with E-state index in [-0.39, 0.29) is 0 Å². The minimum Gasteiger partial charge on any atom is -0.493 e. The lowest BCUT2D eigenvalue weighted by atomic mass is 9.90. The zero-order valence-corrected chi connectivity index (χ0v) is 22.7. The van der Waals surface area contributed by atoms with E-state index in [0.29, 0.717) is 19.4 Å². The van der Waals surface area contributed by atoms with Gasteiger partial charge in [-0.15, -0.1) is 0 Å². The summed E-state index contributed by atoms with van der Waals surface area (Å²) in [6.45, 7) is 8.49. The van der Waals surface area contributed by atoms with E-state index >= 15 is 0 Å². The second-order valence-corrected chi connectivity index (χ2v) is 10.6. The van der Waals surface area contributed by atoms with Crippen molar-refractivity contribution >= 4 is 11.6 Å². The van der Waals surface area contributed by atoms with Gasteiger partial charge in [-0.25, -0.2) is 4.39 Å². The Hall–Kier alpha value is -2.40. The topological polar surface area (TPSA) is 15.7 Å². The summed E-state index contributed by atoms with van der Waals surface area (Å²) in [7, 11) is 4.12. The standard InChI is InChI=1S/C31H38ClFN2O/c1-22-26(8-5-9-27(22)29-13-12-24(20-30(29)32)21-34(3)4)28-10-6-11-31(23(28)2)36-19-7-16-35-17-14-25(33)15-18-35/h5-6,8-13,20,25H,7,14-19,21H2,1-4H3. The van der Waals surface area contributed by atoms with Gasteiger partial charge in [0.05, 0.1) is 6.61 Å². The molecule has 0 amide bonds. The molecule has 0 bridgehead atoms. The van der Waals surface area contributed by atoms with Crippen LogP contribution in [0.5, 0.6) is 5.75 Å². The highest BCUT2D eigenvalue weighted by Crippen LogP contribution is 2.38. The first-order valence-corrected chi connectivity index (χ1v) is 13.3. The molecular formula is C31H38ClFN2O. The maximum atomic E-state index is 13.4. The summed E-state index contributed by atoms with van der Waals surface area (Å²) < 4.78 is 19.6. The molecule has 36 heavy (non-hydrogen) atoms. The number of rotatable bonds is 9. The van der Waals surface area contributed by atoms with E-state index in [1.807, 2.05) is 6.07 Å². The fourth-order valence-electron chi connectivity index (χ4n) is 5.12. The molecule has 5 heteroatoms. The van der Waals surface area contributed by atoms with E-state index < -0.39 is 6.17 Å². The van der Waals surface area contributed by atoms with Gasteiger partial charge >= 0.3 is 0 Å². The molecule has 0 atom stereocenters. The average molecular weight is 509 g/mol. The van der Waals surface area contributed by atoms with Gasteiger partial charge in [0.15, 0.2) is 0 Å². The molecule has 1 fully saturated rings. The van der Waals surface area contributed by atoms with Crippen molar-refractivity contribution in [3.05, 3.63) is 76.3 Å². The van der Waals surface area contributed by atoms with Crippen LogP contribution in [0.2, 0.25) is 5.02 Å². The predicted octanol–water partition coefficient (Wildman–Crippen LogP) is 7.56. The van der Waals surface area contributed by atoms with E-state index in [0.717, 1.165) is 60.1 Å². The summed E-state index contributed by atoms with van der Waals surface area (Å²) in [5, 5.41) is 0.777. The number of alkyl halides is 1. The van der Waals surface area contributed by atoms with Gasteiger partial charge in [-0.2, -0.15) is 0 Å². The molecule has 1 saturated heterocycles. The van der Waals surface area contributed by atoms with Crippen LogP contribution < -0.4 is 4.74 Å². The van der Waals surface area contributed by atoms with Gasteiger partial charge in [-0.3, -0.25) is 0 Å². The van der Waals surface area contributed by atoms with Crippen LogP contribution in [0.25, 0.3) is 22.3 Å². The van der Waals surface area contributed by atoms with Crippen molar-refractivity contribution in [3.8, 4) is 28.0 Å². The van der Waals surface area contributed by atoms with Gasteiger partial charge in [-0.05, 0) is 92.7 Å². The Labute approximate surface area is 220 Å². The molecule has 0 radical (unpaired) electrons. The normalized spacial score (nSPS) is 15.0. The van der Waals surface area contributed by atoms with Gasteiger partial charge in [0.2, 0.25) is 0 Å². The molecule has 3 aromatic rings. The lowest BCUT2D eigenvalue weighted by Crippen LogP contribution is -2.35. The molecule has 0 aliphatic carbocycles. The van der Waals surface area contributed by atoms with Crippen molar-refractivity contribution in [2.75, 3.05) is 40.3 Å². The van der Waals surface area contributed by atoms with Crippen LogP contribution in [-0.2, 0) is 6.54 Å². The monoisotopic (exact) mass is 508 g/mol. The molecule has 3 aromatic carbocycles. The zero-order valence-electron chi connectivity index (χ0n) is 22.0. The third-order valence-electron chi connectivity index (χ3n) is 7.12. The molecule has 1 heterocycles. The maximum Gasteiger partial charge on any atom is 0.122 e. The van der Waals surface area contributed by atoms with Crippen molar-refractivity contribution in [1.29, 1.82) is 0 Å². The Bertz CT molecular complexity index is 1170. The van der Waals surface area contributed by atoms with E-state index in [2.05, 4.69) is 86.3 Å². The van der Waals surface area contributed by atoms with Gasteiger partial charge in [-0.1, -0.05) is 54.1 Å². The molecule has 0 unspecified atom stereocenters. The number of benzene rings is 3. The van der Waals surface area contributed by atoms with Gasteiger partial charge in [0, 0.05) is 36.8 Å². The molecule has 4 rings (SSSR count). The van der Waals surface area contributed by atoms with Crippen LogP contribution in [0.3, 0.4) is 0 Å². The highest BCUT2D eigenvalue weighted by Gasteiger charge is 2.18. The summed E-state index contributed by atoms with van der Waals surface area (Å²) >= 11 is 6.75. The number of hydrogen-bond acceptors (Lipinski definition) is 3. The summed E-state index contributed by atoms with van der Waals surface area (Å²) in [5.74, 6) is 0.922. The highest BCUT2D eigenvalue weighted by atomic mass is 35.5. The van der Waals surface area contributed by atoms with Crippen molar-refractivity contribution < 1.29 is 9.13 Å². The van der Waals surface area contributed by atoms with Crippen molar-refractivity contribution in [2.45, 2.75) is 45.8 Å². The molecule has 0 spiro atoms. The summed E-state index contributed by atoms with van der Waals surface area (Å²) in [5.41, 5.74) is 8.13. The quantitative estimate of drug-likeness (QED) is 0.277. The van der Waals surface area contributed by atoms with Gasteiger partial charge in [0.1, 0.15) is 11.9 Å². The van der Waals surface area contributed by atoms with Crippen LogP contribution in [0.1, 0.15) is 36.0 Å². The molecule has 0 N–H and O–H groups in total. The van der Waals surface area contributed by atoms with Gasteiger partial charge < -0.3 is 14.5 Å². The summed E-state index contributed by atoms with van der Waals surface area (Å²) in [6, 6.07) is 19.1. The highest BCUT2D eigenvalue weighted by molar-refractivity contribution is 6.33. The number of hydrogen-bond donors (Lipinski definition) is 0. The molecule has 0 saturated carbocycles. The fraction of sp³-hybridized carbons (Fsp3) is 0.419. The second kappa shape index (κ2) is 12.2. The Morgan fingerprint density at radius 1 is 0.917 bits per heavy atom. The first kappa shape index (κ1) is 26.7. The van der Waals surface area contributed by atoms with Gasteiger partial charge in [0.25, 0.3) is 0 Å². The SMILES string of the molecule is Cc1c(OCCCN2CCC(F)CC2)cccc1-c1cccc(-c2ccc(CN(C)C)cc2Cl)c1C. The number of halogens is 2. The van der Waals surface area contributed by atoms with Crippen molar-refractivity contribution in [1.82, 2.24) is 9.80 Å². The van der Waals surface area contributed by atoms with E-state index in [1.54, 1.807) is 0 Å². The third-order valence-corrected chi connectivity index (χ3v) is 7.44. The smallest absolute Gasteiger partial charge is 0.122 e. The lowest BCUT2D eigenvalue weighted by molar-refractivity contribution is 0.143. The lowest BCUT2D eigenvalue weighted by Gasteiger charge is -2.28. The molecule has 3 nitrogen and oxygen atoms in total. The van der Waals surface area contributed by atoms with Crippen LogP contribution >= 0.6 is 11.6 Å². The Kier molecular flexibility index (Phi) is 9.05. The maximum absolute atomic E-state index is 13.4. The van der Waals surface area contributed by atoms with Crippen LogP contribution in [-0.4, -0.2) is 56.3 Å². The van der Waals surface area contributed by atoms with Crippen molar-refractivity contribution in [3.63, 3.8) is 0 Å². The number of ether oxygens (including phenoxy) is 1. The van der Waals surface area contributed by atoms with E-state index in [1.165, 1.54) is 22.3 Å². The summed E-state index contributed by atoms with van der Waals surface area (Å²) in [4.78, 5) is 4.49. The number of likely N-dealkylation sites (tertiary alicyclic amines) is 1. The van der Waals surface area contributed by atoms with Crippen LogP contribution in [0, 0.1) is 13.8 Å².